The monoisotopic (exact) mass is 386 g/mol. The summed E-state index contributed by atoms with van der Waals surface area (Å²) in [7, 11) is 0. The van der Waals surface area contributed by atoms with E-state index in [1.54, 1.807) is 24.3 Å². The fourth-order valence-electron chi connectivity index (χ4n) is 3.33. The van der Waals surface area contributed by atoms with Gasteiger partial charge in [-0.15, -0.1) is 6.58 Å². The average molecular weight is 386 g/mol. The Balaban J connectivity index is 2.31. The second kappa shape index (κ2) is 9.97. The first-order chi connectivity index (χ1) is 13.5. The molecule has 1 heterocycles. The van der Waals surface area contributed by atoms with Gasteiger partial charge in [0, 0.05) is 11.5 Å². The molecule has 0 unspecified atom stereocenters. The van der Waals surface area contributed by atoms with Crippen molar-refractivity contribution in [3.8, 4) is 11.5 Å². The maximum absolute atomic E-state index is 13.0. The van der Waals surface area contributed by atoms with Crippen molar-refractivity contribution in [3.05, 3.63) is 48.2 Å². The molecule has 0 bridgehead atoms. The van der Waals surface area contributed by atoms with Crippen LogP contribution < -0.4 is 14.8 Å². The second-order valence-corrected chi connectivity index (χ2v) is 6.51. The van der Waals surface area contributed by atoms with E-state index in [1.165, 1.54) is 0 Å². The normalized spacial score (nSPS) is 11.1. The molecule has 0 aliphatic rings. The Morgan fingerprint density at radius 1 is 1.18 bits per heavy atom. The van der Waals surface area contributed by atoms with E-state index in [2.05, 4.69) is 30.9 Å². The second-order valence-electron chi connectivity index (χ2n) is 6.51. The molecule has 0 aliphatic heterocycles. The fourth-order valence-corrected chi connectivity index (χ4v) is 3.33. The summed E-state index contributed by atoms with van der Waals surface area (Å²) in [5.74, 6) is 0.865. The van der Waals surface area contributed by atoms with Crippen molar-refractivity contribution in [1.29, 1.82) is 0 Å². The Labute approximate surface area is 166 Å². The Bertz CT molecular complexity index is 769. The SMILES string of the molecule is C=CCC(CC)(CC)c1cc(NC(=O)c2c(OCC)cccc2OCC)on1. The summed E-state index contributed by atoms with van der Waals surface area (Å²) in [5.41, 5.74) is 1.01. The van der Waals surface area contributed by atoms with Crippen LogP contribution in [0.25, 0.3) is 0 Å². The first kappa shape index (κ1) is 21.5. The van der Waals surface area contributed by atoms with Crippen molar-refractivity contribution in [1.82, 2.24) is 5.16 Å². The predicted octanol–water partition coefficient (Wildman–Crippen LogP) is 5.36. The van der Waals surface area contributed by atoms with E-state index in [0.29, 0.717) is 36.2 Å². The molecular weight excluding hydrogens is 356 g/mol. The number of benzene rings is 1. The minimum Gasteiger partial charge on any atom is -0.493 e. The number of carbonyl (C=O) groups is 1. The summed E-state index contributed by atoms with van der Waals surface area (Å²) in [5, 5.41) is 7.00. The summed E-state index contributed by atoms with van der Waals surface area (Å²) in [4.78, 5) is 13.0. The van der Waals surface area contributed by atoms with Crippen LogP contribution in [0.5, 0.6) is 11.5 Å². The van der Waals surface area contributed by atoms with Gasteiger partial charge in [-0.1, -0.05) is 31.1 Å². The minimum atomic E-state index is -0.363. The molecule has 6 nitrogen and oxygen atoms in total. The predicted molar refractivity (Wildman–Crippen MR) is 110 cm³/mol. The van der Waals surface area contributed by atoms with Gasteiger partial charge in [-0.2, -0.15) is 0 Å². The number of nitrogens with one attached hydrogen (secondary N) is 1. The van der Waals surface area contributed by atoms with Gasteiger partial charge in [-0.3, -0.25) is 10.1 Å². The number of anilines is 1. The number of amides is 1. The van der Waals surface area contributed by atoms with Gasteiger partial charge in [0.2, 0.25) is 5.88 Å². The molecule has 2 rings (SSSR count). The molecule has 1 amide bonds. The van der Waals surface area contributed by atoms with E-state index >= 15 is 0 Å². The zero-order valence-corrected chi connectivity index (χ0v) is 17.2. The lowest BCUT2D eigenvalue weighted by atomic mass is 9.76. The maximum Gasteiger partial charge on any atom is 0.265 e. The molecule has 1 aromatic carbocycles. The standard InChI is InChI=1S/C22H30N2O4/c1-6-14-22(7-2,8-3)18-15-19(28-24-18)23-21(25)20-16(26-9-4)12-11-13-17(20)27-10-5/h6,11-13,15H,1,7-10,14H2,2-5H3,(H,23,25). The van der Waals surface area contributed by atoms with Crippen LogP contribution in [0.1, 0.15) is 63.0 Å². The van der Waals surface area contributed by atoms with Crippen molar-refractivity contribution >= 4 is 11.8 Å². The summed E-state index contributed by atoms with van der Waals surface area (Å²) in [6.07, 6.45) is 4.49. The lowest BCUT2D eigenvalue weighted by Crippen LogP contribution is -2.24. The van der Waals surface area contributed by atoms with Gasteiger partial charge in [0.25, 0.3) is 5.91 Å². The maximum atomic E-state index is 13.0. The van der Waals surface area contributed by atoms with Gasteiger partial charge in [-0.05, 0) is 45.2 Å². The average Bonchev–Trinajstić information content (AvgIpc) is 3.15. The Morgan fingerprint density at radius 3 is 2.29 bits per heavy atom. The third kappa shape index (κ3) is 4.55. The van der Waals surface area contributed by atoms with E-state index in [0.717, 1.165) is 25.0 Å². The molecule has 0 aliphatic carbocycles. The third-order valence-electron chi connectivity index (χ3n) is 4.99. The van der Waals surface area contributed by atoms with Crippen LogP contribution in [-0.2, 0) is 5.41 Å². The molecule has 0 saturated carbocycles. The largest absolute Gasteiger partial charge is 0.493 e. The molecular formula is C22H30N2O4. The van der Waals surface area contributed by atoms with Crippen LogP contribution in [0.4, 0.5) is 5.88 Å². The van der Waals surface area contributed by atoms with E-state index in [4.69, 9.17) is 14.0 Å². The summed E-state index contributed by atoms with van der Waals surface area (Å²) < 4.78 is 16.6. The van der Waals surface area contributed by atoms with Gasteiger partial charge < -0.3 is 14.0 Å². The molecule has 0 radical (unpaired) electrons. The lowest BCUT2D eigenvalue weighted by Gasteiger charge is -2.27. The Kier molecular flexibility index (Phi) is 7.67. The van der Waals surface area contributed by atoms with Crippen molar-refractivity contribution < 1.29 is 18.8 Å². The minimum absolute atomic E-state index is 0.145. The highest BCUT2D eigenvalue weighted by Gasteiger charge is 2.31. The third-order valence-corrected chi connectivity index (χ3v) is 4.99. The summed E-state index contributed by atoms with van der Waals surface area (Å²) in [6.45, 7) is 12.7. The van der Waals surface area contributed by atoms with Gasteiger partial charge in [0.05, 0.1) is 18.9 Å². The Morgan fingerprint density at radius 2 is 1.79 bits per heavy atom. The van der Waals surface area contributed by atoms with Crippen LogP contribution in [0, 0.1) is 0 Å². The molecule has 152 valence electrons. The zero-order valence-electron chi connectivity index (χ0n) is 17.2. The molecule has 1 aromatic heterocycles. The fraction of sp³-hybridized carbons (Fsp3) is 0.455. The zero-order chi connectivity index (χ0) is 20.6. The number of hydrogen-bond acceptors (Lipinski definition) is 5. The van der Waals surface area contributed by atoms with Crippen LogP contribution in [0.2, 0.25) is 0 Å². The topological polar surface area (TPSA) is 73.6 Å². The van der Waals surface area contributed by atoms with Gasteiger partial charge in [0.1, 0.15) is 17.1 Å². The summed E-state index contributed by atoms with van der Waals surface area (Å²) >= 11 is 0. The number of rotatable bonds is 11. The first-order valence-electron chi connectivity index (χ1n) is 9.83. The molecule has 28 heavy (non-hydrogen) atoms. The molecule has 0 saturated heterocycles. The number of carbonyl (C=O) groups excluding carboxylic acids is 1. The first-order valence-corrected chi connectivity index (χ1v) is 9.83. The lowest BCUT2D eigenvalue weighted by molar-refractivity contribution is 0.101. The van der Waals surface area contributed by atoms with Crippen molar-refractivity contribution in [2.24, 2.45) is 0 Å². The number of allylic oxidation sites excluding steroid dienone is 1. The number of aromatic nitrogens is 1. The molecule has 0 atom stereocenters. The highest BCUT2D eigenvalue weighted by Crippen LogP contribution is 2.36. The number of hydrogen-bond donors (Lipinski definition) is 1. The van der Waals surface area contributed by atoms with E-state index in [9.17, 15) is 4.79 Å². The van der Waals surface area contributed by atoms with Crippen molar-refractivity contribution in [2.45, 2.75) is 52.4 Å². The Hall–Kier alpha value is -2.76. The van der Waals surface area contributed by atoms with E-state index < -0.39 is 0 Å². The molecule has 2 aromatic rings. The highest BCUT2D eigenvalue weighted by atomic mass is 16.5. The van der Waals surface area contributed by atoms with Crippen molar-refractivity contribution in [2.75, 3.05) is 18.5 Å². The van der Waals surface area contributed by atoms with Crippen LogP contribution >= 0.6 is 0 Å². The van der Waals surface area contributed by atoms with E-state index in [-0.39, 0.29) is 11.3 Å². The summed E-state index contributed by atoms with van der Waals surface area (Å²) in [6, 6.07) is 7.08. The molecule has 1 N–H and O–H groups in total. The van der Waals surface area contributed by atoms with Gasteiger partial charge in [-0.25, -0.2) is 0 Å². The number of nitrogens with zero attached hydrogens (tertiary/aromatic N) is 1. The molecule has 0 spiro atoms. The molecule has 6 heteroatoms. The van der Waals surface area contributed by atoms with Crippen LogP contribution in [0.15, 0.2) is 41.4 Å². The number of ether oxygens (including phenoxy) is 2. The smallest absolute Gasteiger partial charge is 0.265 e. The van der Waals surface area contributed by atoms with Crippen LogP contribution in [-0.4, -0.2) is 24.3 Å². The highest BCUT2D eigenvalue weighted by molar-refractivity contribution is 6.07. The van der Waals surface area contributed by atoms with Crippen molar-refractivity contribution in [3.63, 3.8) is 0 Å². The van der Waals surface area contributed by atoms with E-state index in [1.807, 2.05) is 19.9 Å². The molecule has 0 fully saturated rings. The van der Waals surface area contributed by atoms with Gasteiger partial charge in [0.15, 0.2) is 0 Å². The quantitative estimate of drug-likeness (QED) is 0.526. The van der Waals surface area contributed by atoms with Gasteiger partial charge >= 0.3 is 0 Å². The van der Waals surface area contributed by atoms with Crippen LogP contribution in [0.3, 0.4) is 0 Å².